The first-order valence-electron chi connectivity index (χ1n) is 7.58. The van der Waals surface area contributed by atoms with Crippen LogP contribution in [0.2, 0.25) is 0 Å². The Balaban J connectivity index is 1.63. The Labute approximate surface area is 133 Å². The molecule has 120 valence electrons. The molecule has 2 aromatic carbocycles. The summed E-state index contributed by atoms with van der Waals surface area (Å²) in [4.78, 5) is 12.8. The molecule has 0 amide bonds. The molecule has 0 saturated carbocycles. The van der Waals surface area contributed by atoms with Gasteiger partial charge in [0.2, 0.25) is 0 Å². The second-order valence-corrected chi connectivity index (χ2v) is 5.77. The molecule has 1 unspecified atom stereocenters. The Hall–Kier alpha value is -2.47. The van der Waals surface area contributed by atoms with E-state index in [1.165, 1.54) is 17.7 Å². The lowest BCUT2D eigenvalue weighted by Gasteiger charge is -2.17. The number of halogens is 1. The maximum absolute atomic E-state index is 13.2. The van der Waals surface area contributed by atoms with Crippen LogP contribution in [0.4, 0.5) is 15.8 Å². The van der Waals surface area contributed by atoms with Crippen molar-refractivity contribution in [2.75, 3.05) is 18.4 Å². The number of benzene rings is 2. The van der Waals surface area contributed by atoms with Gasteiger partial charge in [0.05, 0.1) is 11.0 Å². The van der Waals surface area contributed by atoms with E-state index in [-0.39, 0.29) is 11.7 Å². The minimum absolute atomic E-state index is 0.128. The van der Waals surface area contributed by atoms with Gasteiger partial charge in [-0.25, -0.2) is 4.39 Å². The molecular formula is C17H18FN3O2. The molecule has 1 aliphatic rings. The fourth-order valence-electron chi connectivity index (χ4n) is 2.93. The SMILES string of the molecule is O=[N+]([O-])c1cc(F)ccc1NC1CCN(Cc2ccccc2)C1. The number of nitrogens with zero attached hydrogens (tertiary/aromatic N) is 2. The van der Waals surface area contributed by atoms with Crippen LogP contribution in [0.1, 0.15) is 12.0 Å². The van der Waals surface area contributed by atoms with Gasteiger partial charge >= 0.3 is 0 Å². The van der Waals surface area contributed by atoms with Crippen molar-refractivity contribution in [1.82, 2.24) is 4.90 Å². The second kappa shape index (κ2) is 6.75. The molecule has 1 atom stereocenters. The summed E-state index contributed by atoms with van der Waals surface area (Å²) < 4.78 is 13.2. The van der Waals surface area contributed by atoms with Gasteiger partial charge in [-0.3, -0.25) is 15.0 Å². The molecule has 1 aliphatic heterocycles. The fourth-order valence-corrected chi connectivity index (χ4v) is 2.93. The molecular weight excluding hydrogens is 297 g/mol. The third kappa shape index (κ3) is 3.84. The van der Waals surface area contributed by atoms with Crippen molar-refractivity contribution < 1.29 is 9.31 Å². The van der Waals surface area contributed by atoms with E-state index in [9.17, 15) is 14.5 Å². The van der Waals surface area contributed by atoms with E-state index in [0.29, 0.717) is 5.69 Å². The van der Waals surface area contributed by atoms with E-state index in [0.717, 1.165) is 32.1 Å². The monoisotopic (exact) mass is 315 g/mol. The van der Waals surface area contributed by atoms with Crippen LogP contribution in [-0.4, -0.2) is 29.0 Å². The van der Waals surface area contributed by atoms with Gasteiger partial charge in [-0.1, -0.05) is 30.3 Å². The third-order valence-electron chi connectivity index (χ3n) is 4.04. The highest BCUT2D eigenvalue weighted by atomic mass is 19.1. The number of nitro benzene ring substituents is 1. The van der Waals surface area contributed by atoms with E-state index in [4.69, 9.17) is 0 Å². The molecule has 1 fully saturated rings. The minimum atomic E-state index is -0.598. The van der Waals surface area contributed by atoms with Crippen LogP contribution in [0.15, 0.2) is 48.5 Å². The van der Waals surface area contributed by atoms with Crippen molar-refractivity contribution in [3.8, 4) is 0 Å². The van der Waals surface area contributed by atoms with Crippen molar-refractivity contribution in [1.29, 1.82) is 0 Å². The van der Waals surface area contributed by atoms with Gasteiger partial charge in [0.25, 0.3) is 5.69 Å². The fraction of sp³-hybridized carbons (Fsp3) is 0.294. The number of hydrogen-bond acceptors (Lipinski definition) is 4. The largest absolute Gasteiger partial charge is 0.375 e. The summed E-state index contributed by atoms with van der Waals surface area (Å²) in [5.41, 5.74) is 1.41. The summed E-state index contributed by atoms with van der Waals surface area (Å²) >= 11 is 0. The highest BCUT2D eigenvalue weighted by molar-refractivity contribution is 5.62. The number of rotatable bonds is 5. The molecule has 0 bridgehead atoms. The quantitative estimate of drug-likeness (QED) is 0.678. The first-order chi connectivity index (χ1) is 11.1. The van der Waals surface area contributed by atoms with E-state index < -0.39 is 10.7 Å². The normalized spacial score (nSPS) is 18.0. The van der Waals surface area contributed by atoms with Crippen molar-refractivity contribution in [3.63, 3.8) is 0 Å². The highest BCUT2D eigenvalue weighted by Gasteiger charge is 2.25. The van der Waals surface area contributed by atoms with Gasteiger partial charge in [-0.2, -0.15) is 0 Å². The summed E-state index contributed by atoms with van der Waals surface area (Å²) in [5.74, 6) is -0.598. The molecule has 3 rings (SSSR count). The smallest absolute Gasteiger partial charge is 0.295 e. The average Bonchev–Trinajstić information content (AvgIpc) is 2.97. The number of likely N-dealkylation sites (tertiary alicyclic amines) is 1. The van der Waals surface area contributed by atoms with Gasteiger partial charge in [-0.05, 0) is 24.1 Å². The third-order valence-corrected chi connectivity index (χ3v) is 4.04. The summed E-state index contributed by atoms with van der Waals surface area (Å²) in [7, 11) is 0. The van der Waals surface area contributed by atoms with Crippen molar-refractivity contribution in [2.45, 2.75) is 19.0 Å². The Morgan fingerprint density at radius 3 is 2.78 bits per heavy atom. The van der Waals surface area contributed by atoms with Crippen LogP contribution in [0, 0.1) is 15.9 Å². The van der Waals surface area contributed by atoms with Crippen LogP contribution in [-0.2, 0) is 6.54 Å². The Morgan fingerprint density at radius 1 is 1.26 bits per heavy atom. The second-order valence-electron chi connectivity index (χ2n) is 5.77. The average molecular weight is 315 g/mol. The van der Waals surface area contributed by atoms with E-state index >= 15 is 0 Å². The molecule has 6 heteroatoms. The van der Waals surface area contributed by atoms with Crippen LogP contribution < -0.4 is 5.32 Å². The van der Waals surface area contributed by atoms with Crippen LogP contribution >= 0.6 is 0 Å². The van der Waals surface area contributed by atoms with E-state index in [1.807, 2.05) is 18.2 Å². The number of nitro groups is 1. The number of hydrogen-bond donors (Lipinski definition) is 1. The zero-order chi connectivity index (χ0) is 16.2. The number of nitrogens with one attached hydrogen (secondary N) is 1. The van der Waals surface area contributed by atoms with E-state index in [1.54, 1.807) is 0 Å². The molecule has 23 heavy (non-hydrogen) atoms. The molecule has 5 nitrogen and oxygen atoms in total. The lowest BCUT2D eigenvalue weighted by atomic mass is 10.2. The van der Waals surface area contributed by atoms with Gasteiger partial charge in [0, 0.05) is 25.7 Å². The Kier molecular flexibility index (Phi) is 4.52. The van der Waals surface area contributed by atoms with Crippen LogP contribution in [0.5, 0.6) is 0 Å². The molecule has 0 spiro atoms. The molecule has 2 aromatic rings. The summed E-state index contributed by atoms with van der Waals surface area (Å²) in [6.07, 6.45) is 0.904. The zero-order valence-electron chi connectivity index (χ0n) is 12.6. The minimum Gasteiger partial charge on any atom is -0.375 e. The molecule has 1 saturated heterocycles. The maximum Gasteiger partial charge on any atom is 0.295 e. The predicted octanol–water partition coefficient (Wildman–Crippen LogP) is 3.42. The summed E-state index contributed by atoms with van der Waals surface area (Å²) in [6, 6.07) is 14.0. The zero-order valence-corrected chi connectivity index (χ0v) is 12.6. The van der Waals surface area contributed by atoms with Gasteiger partial charge in [0.1, 0.15) is 11.5 Å². The van der Waals surface area contributed by atoms with Gasteiger partial charge in [-0.15, -0.1) is 0 Å². The van der Waals surface area contributed by atoms with Gasteiger partial charge < -0.3 is 5.32 Å². The van der Waals surface area contributed by atoms with Gasteiger partial charge in [0.15, 0.2) is 0 Å². The molecule has 0 radical (unpaired) electrons. The van der Waals surface area contributed by atoms with Crippen molar-refractivity contribution in [3.05, 3.63) is 70.0 Å². The lowest BCUT2D eigenvalue weighted by molar-refractivity contribution is -0.384. The lowest BCUT2D eigenvalue weighted by Crippen LogP contribution is -2.26. The van der Waals surface area contributed by atoms with E-state index in [2.05, 4.69) is 22.3 Å². The predicted molar refractivity (Wildman–Crippen MR) is 86.8 cm³/mol. The topological polar surface area (TPSA) is 58.4 Å². The molecule has 1 N–H and O–H groups in total. The first-order valence-corrected chi connectivity index (χ1v) is 7.58. The summed E-state index contributed by atoms with van der Waals surface area (Å²) in [5, 5.41) is 14.2. The Bertz CT molecular complexity index is 693. The summed E-state index contributed by atoms with van der Waals surface area (Å²) in [6.45, 7) is 2.61. The number of anilines is 1. The molecule has 0 aromatic heterocycles. The maximum atomic E-state index is 13.2. The van der Waals surface area contributed by atoms with Crippen LogP contribution in [0.25, 0.3) is 0 Å². The van der Waals surface area contributed by atoms with Crippen molar-refractivity contribution >= 4 is 11.4 Å². The Morgan fingerprint density at radius 2 is 2.04 bits per heavy atom. The molecule has 0 aliphatic carbocycles. The standard InChI is InChI=1S/C17H18FN3O2/c18-14-6-7-16(17(10-14)21(22)23)19-15-8-9-20(12-15)11-13-4-2-1-3-5-13/h1-7,10,15,19H,8-9,11-12H2. The molecule has 1 heterocycles. The van der Waals surface area contributed by atoms with Crippen molar-refractivity contribution in [2.24, 2.45) is 0 Å². The first kappa shape index (κ1) is 15.4. The van der Waals surface area contributed by atoms with Crippen LogP contribution in [0.3, 0.4) is 0 Å². The highest BCUT2D eigenvalue weighted by Crippen LogP contribution is 2.27.